The quantitative estimate of drug-likeness (QED) is 0.200. The third kappa shape index (κ3) is 3.73. The van der Waals surface area contributed by atoms with Gasteiger partial charge in [-0.3, -0.25) is 9.59 Å². The number of Topliss-reactive ketones (excluding diaryl/α,β-unsaturated/α-hetero) is 2. The van der Waals surface area contributed by atoms with E-state index in [1.165, 1.54) is 6.92 Å². The van der Waals surface area contributed by atoms with Gasteiger partial charge in [-0.15, -0.1) is 0 Å². The summed E-state index contributed by atoms with van der Waals surface area (Å²) in [5.41, 5.74) is 7.61. The molecular weight excluding hydrogens is 188 g/mol. The van der Waals surface area contributed by atoms with Crippen LogP contribution in [0.15, 0.2) is 0 Å². The van der Waals surface area contributed by atoms with E-state index in [1.54, 1.807) is 6.92 Å². The third-order valence-corrected chi connectivity index (χ3v) is 1.24. The van der Waals surface area contributed by atoms with Crippen LogP contribution in [-0.4, -0.2) is 34.6 Å². The SMILES string of the molecule is CCOC(=O)C(=[N+]=[N-])C(=O)CC(C)=O. The number of esters is 1. The third-order valence-electron chi connectivity index (χ3n) is 1.24. The van der Waals surface area contributed by atoms with Gasteiger partial charge in [0.25, 0.3) is 5.78 Å². The first-order chi connectivity index (χ1) is 6.52. The molecule has 0 radical (unpaired) electrons. The Kier molecular flexibility index (Phi) is 5.02. The Morgan fingerprint density at radius 3 is 2.29 bits per heavy atom. The van der Waals surface area contributed by atoms with Gasteiger partial charge >= 0.3 is 11.7 Å². The number of carbonyl (C=O) groups excluding carboxylic acids is 3. The summed E-state index contributed by atoms with van der Waals surface area (Å²) in [6, 6.07) is 0. The van der Waals surface area contributed by atoms with Gasteiger partial charge in [0.2, 0.25) is 0 Å². The zero-order valence-electron chi connectivity index (χ0n) is 7.94. The predicted molar refractivity (Wildman–Crippen MR) is 45.6 cm³/mol. The van der Waals surface area contributed by atoms with Crippen LogP contribution in [0.25, 0.3) is 5.53 Å². The molecule has 0 atom stereocenters. The second-order valence-corrected chi connectivity index (χ2v) is 2.47. The minimum Gasteiger partial charge on any atom is -0.457 e. The van der Waals surface area contributed by atoms with Gasteiger partial charge in [0.05, 0.1) is 13.0 Å². The van der Waals surface area contributed by atoms with Crippen molar-refractivity contribution in [1.29, 1.82) is 0 Å². The van der Waals surface area contributed by atoms with E-state index in [-0.39, 0.29) is 6.61 Å². The fraction of sp³-hybridized carbons (Fsp3) is 0.500. The van der Waals surface area contributed by atoms with Crippen molar-refractivity contribution in [2.75, 3.05) is 6.61 Å². The zero-order valence-corrected chi connectivity index (χ0v) is 7.94. The summed E-state index contributed by atoms with van der Waals surface area (Å²) in [5, 5.41) is 0. The summed E-state index contributed by atoms with van der Waals surface area (Å²) in [4.78, 5) is 35.1. The summed E-state index contributed by atoms with van der Waals surface area (Å²) in [6.07, 6.45) is -0.474. The summed E-state index contributed by atoms with van der Waals surface area (Å²) in [6.45, 7) is 2.80. The van der Waals surface area contributed by atoms with E-state index in [0.717, 1.165) is 0 Å². The standard InChI is InChI=1S/C8H10N2O4/c1-3-14-8(13)7(10-9)6(12)4-5(2)11/h3-4H2,1-2H3. The van der Waals surface area contributed by atoms with E-state index in [4.69, 9.17) is 5.53 Å². The molecule has 0 unspecified atom stereocenters. The van der Waals surface area contributed by atoms with Crippen molar-refractivity contribution in [1.82, 2.24) is 0 Å². The monoisotopic (exact) mass is 198 g/mol. The summed E-state index contributed by atoms with van der Waals surface area (Å²) < 4.78 is 4.44. The molecule has 14 heavy (non-hydrogen) atoms. The molecule has 0 bridgehead atoms. The summed E-state index contributed by atoms with van der Waals surface area (Å²) >= 11 is 0. The average molecular weight is 198 g/mol. The molecule has 0 aromatic heterocycles. The van der Waals surface area contributed by atoms with Gasteiger partial charge in [0, 0.05) is 0 Å². The number of hydrogen-bond donors (Lipinski definition) is 0. The number of carbonyl (C=O) groups is 3. The van der Waals surface area contributed by atoms with Gasteiger partial charge in [-0.1, -0.05) is 0 Å². The Labute approximate surface area is 80.5 Å². The highest BCUT2D eigenvalue weighted by Crippen LogP contribution is 1.90. The van der Waals surface area contributed by atoms with Crippen LogP contribution in [0.4, 0.5) is 0 Å². The number of ether oxygens (including phenoxy) is 1. The van der Waals surface area contributed by atoms with Gasteiger partial charge in [0.1, 0.15) is 5.78 Å². The maximum absolute atomic E-state index is 11.1. The smallest absolute Gasteiger partial charge is 0.441 e. The van der Waals surface area contributed by atoms with Crippen molar-refractivity contribution in [2.45, 2.75) is 20.3 Å². The Morgan fingerprint density at radius 1 is 1.36 bits per heavy atom. The molecule has 6 heteroatoms. The van der Waals surface area contributed by atoms with Crippen molar-refractivity contribution >= 4 is 23.2 Å². The summed E-state index contributed by atoms with van der Waals surface area (Å²) in [5.74, 6) is -2.29. The number of hydrogen-bond acceptors (Lipinski definition) is 4. The van der Waals surface area contributed by atoms with E-state index < -0.39 is 29.7 Å². The van der Waals surface area contributed by atoms with E-state index in [2.05, 4.69) is 9.53 Å². The fourth-order valence-corrected chi connectivity index (χ4v) is 0.720. The highest BCUT2D eigenvalue weighted by molar-refractivity contribution is 6.63. The van der Waals surface area contributed by atoms with Crippen LogP contribution in [-0.2, 0) is 19.1 Å². The average Bonchev–Trinajstić information content (AvgIpc) is 2.04. The molecule has 6 nitrogen and oxygen atoms in total. The number of nitrogens with zero attached hydrogens (tertiary/aromatic N) is 2. The number of ketones is 2. The first-order valence-corrected chi connectivity index (χ1v) is 3.94. The summed E-state index contributed by atoms with van der Waals surface area (Å²) in [7, 11) is 0. The highest BCUT2D eigenvalue weighted by Gasteiger charge is 2.31. The molecule has 76 valence electrons. The highest BCUT2D eigenvalue weighted by atomic mass is 16.5. The van der Waals surface area contributed by atoms with Crippen LogP contribution in [0.1, 0.15) is 20.3 Å². The lowest BCUT2D eigenvalue weighted by molar-refractivity contribution is -0.141. The molecule has 0 spiro atoms. The lowest BCUT2D eigenvalue weighted by Gasteiger charge is -1.95. The molecule has 0 saturated heterocycles. The Hall–Kier alpha value is -1.81. The van der Waals surface area contributed by atoms with Crippen LogP contribution in [0.2, 0.25) is 0 Å². The molecule has 0 rings (SSSR count). The van der Waals surface area contributed by atoms with Crippen molar-refractivity contribution < 1.29 is 23.9 Å². The maximum atomic E-state index is 11.1. The molecule has 0 fully saturated rings. The van der Waals surface area contributed by atoms with Crippen molar-refractivity contribution in [3.8, 4) is 0 Å². The molecule has 0 aromatic rings. The lowest BCUT2D eigenvalue weighted by atomic mass is 10.1. The van der Waals surface area contributed by atoms with Crippen molar-refractivity contribution in [2.24, 2.45) is 0 Å². The van der Waals surface area contributed by atoms with E-state index in [0.29, 0.717) is 0 Å². The van der Waals surface area contributed by atoms with Gasteiger partial charge in [-0.05, 0) is 13.8 Å². The number of rotatable bonds is 5. The Morgan fingerprint density at radius 2 is 1.93 bits per heavy atom. The van der Waals surface area contributed by atoms with Crippen LogP contribution >= 0.6 is 0 Å². The van der Waals surface area contributed by atoms with Crippen LogP contribution in [0, 0.1) is 0 Å². The van der Waals surface area contributed by atoms with Crippen molar-refractivity contribution in [3.63, 3.8) is 0 Å². The minimum atomic E-state index is -1.03. The van der Waals surface area contributed by atoms with Crippen LogP contribution in [0.5, 0.6) is 0 Å². The second kappa shape index (κ2) is 5.77. The van der Waals surface area contributed by atoms with Crippen molar-refractivity contribution in [3.05, 3.63) is 5.53 Å². The minimum absolute atomic E-state index is 0.0607. The van der Waals surface area contributed by atoms with Gasteiger partial charge in [-0.2, -0.15) is 4.79 Å². The molecule has 0 aliphatic heterocycles. The zero-order chi connectivity index (χ0) is 11.1. The lowest BCUT2D eigenvalue weighted by Crippen LogP contribution is -2.28. The molecule has 0 aliphatic carbocycles. The van der Waals surface area contributed by atoms with Gasteiger partial charge < -0.3 is 10.3 Å². The van der Waals surface area contributed by atoms with Crippen LogP contribution < -0.4 is 0 Å². The molecule has 0 aromatic carbocycles. The topological polar surface area (TPSA) is 96.8 Å². The molecule has 0 N–H and O–H groups in total. The maximum Gasteiger partial charge on any atom is 0.441 e. The normalized spacial score (nSPS) is 8.71. The largest absolute Gasteiger partial charge is 0.457 e. The van der Waals surface area contributed by atoms with E-state index >= 15 is 0 Å². The molecule has 0 aliphatic rings. The van der Waals surface area contributed by atoms with E-state index in [1.807, 2.05) is 0 Å². The van der Waals surface area contributed by atoms with Crippen LogP contribution in [0.3, 0.4) is 0 Å². The first-order valence-electron chi connectivity index (χ1n) is 3.94. The van der Waals surface area contributed by atoms with Gasteiger partial charge in [0.15, 0.2) is 0 Å². The Balaban J connectivity index is 4.59. The molecular formula is C8H10N2O4. The first kappa shape index (κ1) is 12.2. The fourth-order valence-electron chi connectivity index (χ4n) is 0.720. The Bertz CT molecular complexity index is 315. The second-order valence-electron chi connectivity index (χ2n) is 2.47. The molecule has 0 heterocycles. The molecule has 0 amide bonds. The molecule has 0 saturated carbocycles. The van der Waals surface area contributed by atoms with Gasteiger partial charge in [-0.25, -0.2) is 4.79 Å². The van der Waals surface area contributed by atoms with E-state index in [9.17, 15) is 14.4 Å². The predicted octanol–water partition coefficient (Wildman–Crippen LogP) is -0.232.